The third kappa shape index (κ3) is 2.27. The molecule has 0 saturated heterocycles. The first kappa shape index (κ1) is 9.97. The van der Waals surface area contributed by atoms with Gasteiger partial charge < -0.3 is 10.5 Å². The Bertz CT molecular complexity index is 217. The van der Waals surface area contributed by atoms with Gasteiger partial charge in [0, 0.05) is 0 Å². The molecule has 0 unspecified atom stereocenters. The third-order valence-electron chi connectivity index (χ3n) is 3.36. The van der Waals surface area contributed by atoms with Crippen molar-refractivity contribution in [3.8, 4) is 0 Å². The van der Waals surface area contributed by atoms with Crippen LogP contribution in [0.1, 0.15) is 44.9 Å². The van der Waals surface area contributed by atoms with Crippen LogP contribution in [0.4, 0.5) is 0 Å². The van der Waals surface area contributed by atoms with Gasteiger partial charge in [-0.2, -0.15) is 0 Å². The minimum atomic E-state index is -0.649. The Hall–Kier alpha value is -0.570. The zero-order valence-electron chi connectivity index (χ0n) is 8.63. The summed E-state index contributed by atoms with van der Waals surface area (Å²) in [5, 5.41) is 0. The predicted octanol–water partition coefficient (Wildman–Crippen LogP) is 1.60. The van der Waals surface area contributed by atoms with E-state index in [1.165, 1.54) is 12.8 Å². The van der Waals surface area contributed by atoms with Crippen molar-refractivity contribution in [2.24, 2.45) is 11.7 Å². The Morgan fingerprint density at radius 2 is 2.00 bits per heavy atom. The highest BCUT2D eigenvalue weighted by Gasteiger charge is 2.38. The molecule has 3 heteroatoms. The highest BCUT2D eigenvalue weighted by molar-refractivity contribution is 5.80. The summed E-state index contributed by atoms with van der Waals surface area (Å²) in [5.74, 6) is 0.649. The average molecular weight is 197 g/mol. The summed E-state index contributed by atoms with van der Waals surface area (Å²) in [4.78, 5) is 11.6. The molecule has 14 heavy (non-hydrogen) atoms. The first-order chi connectivity index (χ1) is 6.71. The second-order valence-corrected chi connectivity index (χ2v) is 4.73. The van der Waals surface area contributed by atoms with Gasteiger partial charge in [-0.25, -0.2) is 0 Å². The molecule has 2 aliphatic carbocycles. The van der Waals surface area contributed by atoms with Gasteiger partial charge in [0.05, 0.1) is 6.61 Å². The van der Waals surface area contributed by atoms with Crippen molar-refractivity contribution in [1.82, 2.24) is 0 Å². The highest BCUT2D eigenvalue weighted by atomic mass is 16.5. The number of hydrogen-bond acceptors (Lipinski definition) is 3. The molecule has 0 bridgehead atoms. The average Bonchev–Trinajstić information content (AvgIpc) is 2.88. The van der Waals surface area contributed by atoms with E-state index in [4.69, 9.17) is 10.5 Å². The normalized spacial score (nSPS) is 24.9. The van der Waals surface area contributed by atoms with Crippen molar-refractivity contribution in [1.29, 1.82) is 0 Å². The van der Waals surface area contributed by atoms with Gasteiger partial charge >= 0.3 is 5.97 Å². The largest absolute Gasteiger partial charge is 0.464 e. The molecule has 0 aromatic carbocycles. The first-order valence-corrected chi connectivity index (χ1v) is 5.67. The number of rotatable bonds is 4. The Morgan fingerprint density at radius 3 is 2.57 bits per heavy atom. The lowest BCUT2D eigenvalue weighted by atomic mass is 10.00. The molecule has 0 amide bonds. The fourth-order valence-electron chi connectivity index (χ4n) is 2.08. The van der Waals surface area contributed by atoms with E-state index in [9.17, 15) is 4.79 Å². The Labute approximate surface area is 85.0 Å². The van der Waals surface area contributed by atoms with Gasteiger partial charge in [0.1, 0.15) is 5.54 Å². The molecule has 80 valence electrons. The molecule has 2 N–H and O–H groups in total. The van der Waals surface area contributed by atoms with Crippen molar-refractivity contribution >= 4 is 5.97 Å². The lowest BCUT2D eigenvalue weighted by Gasteiger charge is -2.20. The monoisotopic (exact) mass is 197 g/mol. The minimum Gasteiger partial charge on any atom is -0.464 e. The summed E-state index contributed by atoms with van der Waals surface area (Å²) in [6.07, 6.45) is 7.38. The smallest absolute Gasteiger partial charge is 0.326 e. The van der Waals surface area contributed by atoms with E-state index in [1.54, 1.807) is 0 Å². The highest BCUT2D eigenvalue weighted by Crippen LogP contribution is 2.33. The van der Waals surface area contributed by atoms with Crippen LogP contribution in [-0.2, 0) is 9.53 Å². The van der Waals surface area contributed by atoms with Crippen molar-refractivity contribution < 1.29 is 9.53 Å². The van der Waals surface area contributed by atoms with Gasteiger partial charge in [-0.1, -0.05) is 25.7 Å². The van der Waals surface area contributed by atoms with Crippen LogP contribution in [0, 0.1) is 5.92 Å². The van der Waals surface area contributed by atoms with Crippen LogP contribution in [0.2, 0.25) is 0 Å². The van der Waals surface area contributed by atoms with Crippen LogP contribution in [-0.4, -0.2) is 18.1 Å². The summed E-state index contributed by atoms with van der Waals surface area (Å²) in [6.45, 7) is 0.572. The van der Waals surface area contributed by atoms with Gasteiger partial charge in [0.2, 0.25) is 0 Å². The van der Waals surface area contributed by atoms with Gasteiger partial charge in [-0.15, -0.1) is 0 Å². The number of ether oxygens (including phenoxy) is 1. The number of esters is 1. The van der Waals surface area contributed by atoms with Crippen LogP contribution >= 0.6 is 0 Å². The summed E-state index contributed by atoms with van der Waals surface area (Å²) in [7, 11) is 0. The van der Waals surface area contributed by atoms with Gasteiger partial charge in [-0.05, 0) is 25.2 Å². The zero-order chi connectivity index (χ0) is 10.0. The summed E-state index contributed by atoms with van der Waals surface area (Å²) in [6, 6.07) is 0. The number of carbonyl (C=O) groups excluding carboxylic acids is 1. The SMILES string of the molecule is NC1(C(=O)OCCC2CC2)CCCC1. The van der Waals surface area contributed by atoms with E-state index < -0.39 is 5.54 Å². The third-order valence-corrected chi connectivity index (χ3v) is 3.36. The fraction of sp³-hybridized carbons (Fsp3) is 0.909. The molecular formula is C11H19NO2. The maximum absolute atomic E-state index is 11.6. The van der Waals surface area contributed by atoms with Crippen LogP contribution in [0.15, 0.2) is 0 Å². The number of nitrogens with two attached hydrogens (primary N) is 1. The summed E-state index contributed by atoms with van der Waals surface area (Å²) >= 11 is 0. The fourth-order valence-corrected chi connectivity index (χ4v) is 2.08. The molecule has 0 aromatic rings. The molecular weight excluding hydrogens is 178 g/mol. The Kier molecular flexibility index (Phi) is 2.77. The van der Waals surface area contributed by atoms with Gasteiger partial charge in [0.15, 0.2) is 0 Å². The van der Waals surface area contributed by atoms with Crippen molar-refractivity contribution in [3.05, 3.63) is 0 Å². The molecule has 0 spiro atoms. The van der Waals surface area contributed by atoms with E-state index >= 15 is 0 Å². The van der Waals surface area contributed by atoms with Crippen LogP contribution < -0.4 is 5.73 Å². The van der Waals surface area contributed by atoms with Crippen molar-refractivity contribution in [2.45, 2.75) is 50.5 Å². The molecule has 0 heterocycles. The molecule has 2 rings (SSSR count). The topological polar surface area (TPSA) is 52.3 Å². The number of hydrogen-bond donors (Lipinski definition) is 1. The van der Waals surface area contributed by atoms with E-state index in [2.05, 4.69) is 0 Å². The minimum absolute atomic E-state index is 0.171. The molecule has 0 atom stereocenters. The number of carbonyl (C=O) groups is 1. The molecule has 2 aliphatic rings. The molecule has 0 aromatic heterocycles. The van der Waals surface area contributed by atoms with E-state index in [-0.39, 0.29) is 5.97 Å². The summed E-state index contributed by atoms with van der Waals surface area (Å²) in [5.41, 5.74) is 5.31. The van der Waals surface area contributed by atoms with Crippen LogP contribution in [0.5, 0.6) is 0 Å². The van der Waals surface area contributed by atoms with Gasteiger partial charge in [0.25, 0.3) is 0 Å². The van der Waals surface area contributed by atoms with Crippen molar-refractivity contribution in [3.63, 3.8) is 0 Å². The lowest BCUT2D eigenvalue weighted by molar-refractivity contribution is -0.150. The van der Waals surface area contributed by atoms with Crippen molar-refractivity contribution in [2.75, 3.05) is 6.61 Å². The second-order valence-electron chi connectivity index (χ2n) is 4.73. The standard InChI is InChI=1S/C11H19NO2/c12-11(6-1-2-7-11)10(13)14-8-5-9-3-4-9/h9H,1-8,12H2. The first-order valence-electron chi connectivity index (χ1n) is 5.67. The lowest BCUT2D eigenvalue weighted by Crippen LogP contribution is -2.46. The predicted molar refractivity (Wildman–Crippen MR) is 53.7 cm³/mol. The molecule has 0 aliphatic heterocycles. The Morgan fingerprint density at radius 1 is 1.36 bits per heavy atom. The summed E-state index contributed by atoms with van der Waals surface area (Å²) < 4.78 is 5.22. The van der Waals surface area contributed by atoms with E-state index in [1.807, 2.05) is 0 Å². The molecule has 3 nitrogen and oxygen atoms in total. The quantitative estimate of drug-likeness (QED) is 0.696. The molecule has 2 fully saturated rings. The van der Waals surface area contributed by atoms with Gasteiger partial charge in [-0.3, -0.25) is 4.79 Å². The van der Waals surface area contributed by atoms with Crippen LogP contribution in [0.25, 0.3) is 0 Å². The van der Waals surface area contributed by atoms with E-state index in [0.29, 0.717) is 6.61 Å². The maximum Gasteiger partial charge on any atom is 0.326 e. The zero-order valence-corrected chi connectivity index (χ0v) is 8.63. The second kappa shape index (κ2) is 3.89. The van der Waals surface area contributed by atoms with E-state index in [0.717, 1.165) is 38.0 Å². The molecule has 0 radical (unpaired) electrons. The van der Waals surface area contributed by atoms with Crippen LogP contribution in [0.3, 0.4) is 0 Å². The Balaban J connectivity index is 1.70. The molecule has 2 saturated carbocycles. The maximum atomic E-state index is 11.6.